The molecule has 0 unspecified atom stereocenters. The van der Waals surface area contributed by atoms with Gasteiger partial charge in [-0.25, -0.2) is 4.79 Å². The largest absolute Gasteiger partial charge is 0.480 e. The zero-order chi connectivity index (χ0) is 12.3. The SMILES string of the molecule is CC[C@](C)(NC(=O)c1csc(Br)c1)C(=O)O. The number of nitrogens with one attached hydrogen (secondary N) is 1. The molecular formula is C10H12BrNO3S. The first kappa shape index (κ1) is 13.2. The number of hydrogen-bond acceptors (Lipinski definition) is 3. The Kier molecular flexibility index (Phi) is 4.09. The minimum atomic E-state index is -1.22. The van der Waals surface area contributed by atoms with Crippen LogP contribution in [0.4, 0.5) is 0 Å². The van der Waals surface area contributed by atoms with Crippen molar-refractivity contribution < 1.29 is 14.7 Å². The highest BCUT2D eigenvalue weighted by atomic mass is 79.9. The molecule has 0 aliphatic rings. The molecule has 1 atom stereocenters. The lowest BCUT2D eigenvalue weighted by molar-refractivity contribution is -0.143. The van der Waals surface area contributed by atoms with Crippen molar-refractivity contribution in [2.75, 3.05) is 0 Å². The van der Waals surface area contributed by atoms with E-state index in [-0.39, 0.29) is 5.91 Å². The molecule has 0 fully saturated rings. The van der Waals surface area contributed by atoms with E-state index in [0.717, 1.165) is 3.79 Å². The van der Waals surface area contributed by atoms with Gasteiger partial charge in [0.15, 0.2) is 0 Å². The summed E-state index contributed by atoms with van der Waals surface area (Å²) in [5.74, 6) is -1.40. The highest BCUT2D eigenvalue weighted by molar-refractivity contribution is 9.11. The van der Waals surface area contributed by atoms with Gasteiger partial charge in [-0.2, -0.15) is 0 Å². The van der Waals surface area contributed by atoms with E-state index >= 15 is 0 Å². The molecule has 88 valence electrons. The second-order valence-corrected chi connectivity index (χ2v) is 5.87. The van der Waals surface area contributed by atoms with Crippen molar-refractivity contribution in [2.45, 2.75) is 25.8 Å². The van der Waals surface area contributed by atoms with Crippen molar-refractivity contribution in [3.8, 4) is 0 Å². The van der Waals surface area contributed by atoms with Crippen molar-refractivity contribution in [1.29, 1.82) is 0 Å². The van der Waals surface area contributed by atoms with E-state index in [9.17, 15) is 9.59 Å². The summed E-state index contributed by atoms with van der Waals surface area (Å²) in [5, 5.41) is 13.2. The maximum atomic E-state index is 11.7. The Balaban J connectivity index is 2.81. The van der Waals surface area contributed by atoms with Crippen LogP contribution in [-0.2, 0) is 4.79 Å². The zero-order valence-electron chi connectivity index (χ0n) is 8.91. The number of carbonyl (C=O) groups is 2. The van der Waals surface area contributed by atoms with Gasteiger partial charge in [0.2, 0.25) is 0 Å². The second-order valence-electron chi connectivity index (χ2n) is 3.58. The van der Waals surface area contributed by atoms with Gasteiger partial charge in [0.25, 0.3) is 5.91 Å². The number of carbonyl (C=O) groups excluding carboxylic acids is 1. The fourth-order valence-corrected chi connectivity index (χ4v) is 2.18. The van der Waals surface area contributed by atoms with Crippen molar-refractivity contribution in [2.24, 2.45) is 0 Å². The molecule has 0 spiro atoms. The summed E-state index contributed by atoms with van der Waals surface area (Å²) in [7, 11) is 0. The lowest BCUT2D eigenvalue weighted by Gasteiger charge is -2.24. The molecule has 1 amide bonds. The average Bonchev–Trinajstić information content (AvgIpc) is 2.64. The van der Waals surface area contributed by atoms with E-state index in [1.54, 1.807) is 18.4 Å². The fourth-order valence-electron chi connectivity index (χ4n) is 1.04. The number of thiophene rings is 1. The molecule has 1 aromatic heterocycles. The zero-order valence-corrected chi connectivity index (χ0v) is 11.3. The standard InChI is InChI=1S/C10H12BrNO3S/c1-3-10(2,9(14)15)12-8(13)6-4-7(11)16-5-6/h4-5H,3H2,1-2H3,(H,12,13)(H,14,15)/t10-/m0/s1. The average molecular weight is 306 g/mol. The van der Waals surface area contributed by atoms with Gasteiger partial charge in [0.1, 0.15) is 5.54 Å². The first-order chi connectivity index (χ1) is 7.39. The molecule has 1 rings (SSSR count). The number of carboxylic acid groups (broad SMARTS) is 1. The van der Waals surface area contributed by atoms with Crippen LogP contribution >= 0.6 is 27.3 Å². The van der Waals surface area contributed by atoms with E-state index in [2.05, 4.69) is 21.2 Å². The van der Waals surface area contributed by atoms with Gasteiger partial charge in [0.05, 0.1) is 9.35 Å². The van der Waals surface area contributed by atoms with Gasteiger partial charge in [-0.1, -0.05) is 6.92 Å². The monoisotopic (exact) mass is 305 g/mol. The number of aliphatic carboxylic acids is 1. The Bertz CT molecular complexity index is 418. The summed E-state index contributed by atoms with van der Waals surface area (Å²) < 4.78 is 0.839. The van der Waals surface area contributed by atoms with E-state index in [1.807, 2.05) is 0 Å². The Morgan fingerprint density at radius 2 is 2.25 bits per heavy atom. The molecule has 0 aliphatic carbocycles. The van der Waals surface area contributed by atoms with E-state index in [0.29, 0.717) is 12.0 Å². The molecule has 2 N–H and O–H groups in total. The molecule has 1 heterocycles. The molecular weight excluding hydrogens is 294 g/mol. The minimum Gasteiger partial charge on any atom is -0.480 e. The molecule has 0 radical (unpaired) electrons. The Hall–Kier alpha value is -0.880. The molecule has 0 saturated carbocycles. The second kappa shape index (κ2) is 4.97. The van der Waals surface area contributed by atoms with Gasteiger partial charge >= 0.3 is 5.97 Å². The van der Waals surface area contributed by atoms with Crippen LogP contribution < -0.4 is 5.32 Å². The smallest absolute Gasteiger partial charge is 0.329 e. The number of amides is 1. The maximum absolute atomic E-state index is 11.7. The summed E-state index contributed by atoms with van der Waals surface area (Å²) >= 11 is 4.63. The molecule has 0 aliphatic heterocycles. The number of halogens is 1. The highest BCUT2D eigenvalue weighted by Gasteiger charge is 2.33. The third-order valence-corrected chi connectivity index (χ3v) is 3.90. The highest BCUT2D eigenvalue weighted by Crippen LogP contribution is 2.21. The summed E-state index contributed by atoms with van der Waals surface area (Å²) in [6.45, 7) is 3.21. The molecule has 0 saturated heterocycles. The van der Waals surface area contributed by atoms with E-state index in [1.165, 1.54) is 18.3 Å². The number of rotatable bonds is 4. The Morgan fingerprint density at radius 1 is 1.62 bits per heavy atom. The number of hydrogen-bond donors (Lipinski definition) is 2. The van der Waals surface area contributed by atoms with Crippen LogP contribution in [0.5, 0.6) is 0 Å². The third-order valence-electron chi connectivity index (χ3n) is 2.40. The summed E-state index contributed by atoms with van der Waals surface area (Å²) in [6.07, 6.45) is 0.333. The first-order valence-corrected chi connectivity index (χ1v) is 6.36. The van der Waals surface area contributed by atoms with E-state index < -0.39 is 11.5 Å². The quantitative estimate of drug-likeness (QED) is 0.898. The predicted octanol–water partition coefficient (Wildman–Crippen LogP) is 2.49. The van der Waals surface area contributed by atoms with Crippen LogP contribution in [-0.4, -0.2) is 22.5 Å². The van der Waals surface area contributed by atoms with Gasteiger partial charge in [-0.15, -0.1) is 11.3 Å². The lowest BCUT2D eigenvalue weighted by atomic mass is 9.99. The number of carboxylic acids is 1. The molecule has 16 heavy (non-hydrogen) atoms. The third kappa shape index (κ3) is 2.82. The van der Waals surface area contributed by atoms with Crippen LogP contribution in [0.3, 0.4) is 0 Å². The minimum absolute atomic E-state index is 0.333. The maximum Gasteiger partial charge on any atom is 0.329 e. The summed E-state index contributed by atoms with van der Waals surface area (Å²) in [6, 6.07) is 1.66. The van der Waals surface area contributed by atoms with E-state index in [4.69, 9.17) is 5.11 Å². The van der Waals surface area contributed by atoms with Gasteiger partial charge < -0.3 is 10.4 Å². The molecule has 6 heteroatoms. The van der Waals surface area contributed by atoms with Crippen molar-refractivity contribution in [1.82, 2.24) is 5.32 Å². The van der Waals surface area contributed by atoms with Crippen LogP contribution in [0.15, 0.2) is 15.2 Å². The summed E-state index contributed by atoms with van der Waals surface area (Å²) in [4.78, 5) is 22.8. The first-order valence-electron chi connectivity index (χ1n) is 4.69. The topological polar surface area (TPSA) is 66.4 Å². The Morgan fingerprint density at radius 3 is 2.62 bits per heavy atom. The molecule has 0 aromatic carbocycles. The van der Waals surface area contributed by atoms with Crippen LogP contribution in [0, 0.1) is 0 Å². The lowest BCUT2D eigenvalue weighted by Crippen LogP contribution is -2.51. The van der Waals surface area contributed by atoms with Crippen molar-refractivity contribution in [3.63, 3.8) is 0 Å². The molecule has 0 bridgehead atoms. The van der Waals surface area contributed by atoms with Gasteiger partial charge in [-0.05, 0) is 35.3 Å². The van der Waals surface area contributed by atoms with Crippen molar-refractivity contribution in [3.05, 3.63) is 20.8 Å². The van der Waals surface area contributed by atoms with Crippen LogP contribution in [0.2, 0.25) is 0 Å². The predicted molar refractivity (Wildman–Crippen MR) is 65.8 cm³/mol. The molecule has 4 nitrogen and oxygen atoms in total. The summed E-state index contributed by atoms with van der Waals surface area (Å²) in [5.41, 5.74) is -0.747. The molecule has 1 aromatic rings. The normalized spacial score (nSPS) is 14.2. The van der Waals surface area contributed by atoms with Crippen LogP contribution in [0.1, 0.15) is 30.6 Å². The van der Waals surface area contributed by atoms with Crippen molar-refractivity contribution >= 4 is 39.1 Å². The van der Waals surface area contributed by atoms with Gasteiger partial charge in [0, 0.05) is 5.38 Å². The fraction of sp³-hybridized carbons (Fsp3) is 0.400. The Labute approximate surface area is 106 Å². The van der Waals surface area contributed by atoms with Gasteiger partial charge in [-0.3, -0.25) is 4.79 Å². The van der Waals surface area contributed by atoms with Crippen LogP contribution in [0.25, 0.3) is 0 Å².